The van der Waals surface area contributed by atoms with Gasteiger partial charge in [0, 0.05) is 6.54 Å². The van der Waals surface area contributed by atoms with Crippen LogP contribution < -0.4 is 9.47 Å². The number of halogens is 1. The summed E-state index contributed by atoms with van der Waals surface area (Å²) in [6, 6.07) is 3.28. The third-order valence-corrected chi connectivity index (χ3v) is 3.49. The van der Waals surface area contributed by atoms with E-state index in [2.05, 4.69) is 20.7 Å². The summed E-state index contributed by atoms with van der Waals surface area (Å²) in [5.74, 6) is 0.0924. The quantitative estimate of drug-likeness (QED) is 0.727. The maximum Gasteiger partial charge on any atom is 0.325 e. The molecule has 7 heteroatoms. The van der Waals surface area contributed by atoms with Gasteiger partial charge in [-0.05, 0) is 35.0 Å². The number of nitrogens with zero attached hydrogens (tertiary/aromatic N) is 1. The fourth-order valence-corrected chi connectivity index (χ4v) is 2.37. The predicted molar refractivity (Wildman–Crippen MR) is 80.8 cm³/mol. The number of ether oxygens (including phenoxy) is 3. The van der Waals surface area contributed by atoms with E-state index in [1.54, 1.807) is 19.1 Å². The molecular weight excluding hydrogens is 342 g/mol. The molecule has 0 fully saturated rings. The third kappa shape index (κ3) is 4.10. The minimum atomic E-state index is -0.480. The van der Waals surface area contributed by atoms with Gasteiger partial charge in [-0.25, -0.2) is 0 Å². The molecule has 0 heterocycles. The van der Waals surface area contributed by atoms with Crippen molar-refractivity contribution in [2.45, 2.75) is 6.92 Å². The van der Waals surface area contributed by atoms with Crippen molar-refractivity contribution in [2.75, 3.05) is 34.4 Å². The normalized spacial score (nSPS) is 9.95. The summed E-state index contributed by atoms with van der Waals surface area (Å²) < 4.78 is 15.6. The molecule has 0 unspecified atom stereocenters. The van der Waals surface area contributed by atoms with Gasteiger partial charge in [-0.15, -0.1) is 0 Å². The van der Waals surface area contributed by atoms with Crippen molar-refractivity contribution >= 4 is 27.8 Å². The lowest BCUT2D eigenvalue weighted by Crippen LogP contribution is -2.36. The molecule has 1 aromatic carbocycles. The molecular formula is C14H18BrNO5. The average molecular weight is 360 g/mol. The fraction of sp³-hybridized carbons (Fsp3) is 0.429. The molecule has 0 spiro atoms. The Labute approximate surface area is 132 Å². The van der Waals surface area contributed by atoms with Gasteiger partial charge >= 0.3 is 5.97 Å². The molecule has 0 aromatic heterocycles. The molecule has 0 aliphatic rings. The van der Waals surface area contributed by atoms with Crippen LogP contribution in [-0.4, -0.2) is 51.2 Å². The van der Waals surface area contributed by atoms with Crippen molar-refractivity contribution < 1.29 is 23.8 Å². The molecule has 0 aliphatic carbocycles. The van der Waals surface area contributed by atoms with Crippen molar-refractivity contribution in [2.24, 2.45) is 0 Å². The molecule has 0 N–H and O–H groups in total. The molecule has 0 radical (unpaired) electrons. The lowest BCUT2D eigenvalue weighted by Gasteiger charge is -2.21. The standard InChI is InChI=1S/C14H18BrNO5/c1-5-16(8-12(17)20-3)14(18)10-6-9(19-2)7-11(15)13(10)21-4/h6-7H,5,8H2,1-4H3. The van der Waals surface area contributed by atoms with E-state index in [4.69, 9.17) is 9.47 Å². The highest BCUT2D eigenvalue weighted by atomic mass is 79.9. The monoisotopic (exact) mass is 359 g/mol. The van der Waals surface area contributed by atoms with Gasteiger partial charge in [0.25, 0.3) is 5.91 Å². The van der Waals surface area contributed by atoms with Gasteiger partial charge in [-0.2, -0.15) is 0 Å². The van der Waals surface area contributed by atoms with E-state index in [1.807, 2.05) is 0 Å². The summed E-state index contributed by atoms with van der Waals surface area (Å²) in [4.78, 5) is 25.3. The maximum absolute atomic E-state index is 12.6. The van der Waals surface area contributed by atoms with Gasteiger partial charge in [-0.1, -0.05) is 0 Å². The average Bonchev–Trinajstić information content (AvgIpc) is 2.50. The molecule has 0 bridgehead atoms. The SMILES string of the molecule is CCN(CC(=O)OC)C(=O)c1cc(OC)cc(Br)c1OC. The van der Waals surface area contributed by atoms with Crippen LogP contribution in [-0.2, 0) is 9.53 Å². The smallest absolute Gasteiger partial charge is 0.325 e. The van der Waals surface area contributed by atoms with E-state index in [0.29, 0.717) is 28.1 Å². The fourth-order valence-electron chi connectivity index (χ4n) is 1.77. The van der Waals surface area contributed by atoms with Crippen LogP contribution in [0.4, 0.5) is 0 Å². The molecule has 0 aliphatic heterocycles. The Balaban J connectivity index is 3.20. The lowest BCUT2D eigenvalue weighted by atomic mass is 10.1. The second-order valence-corrected chi connectivity index (χ2v) is 4.94. The first-order valence-corrected chi connectivity index (χ1v) is 7.05. The van der Waals surface area contributed by atoms with Gasteiger partial charge < -0.3 is 19.1 Å². The summed E-state index contributed by atoms with van der Waals surface area (Å²) in [5.41, 5.74) is 0.314. The minimum absolute atomic E-state index is 0.121. The van der Waals surface area contributed by atoms with E-state index >= 15 is 0 Å². The summed E-state index contributed by atoms with van der Waals surface area (Å²) in [6.07, 6.45) is 0. The predicted octanol–water partition coefficient (Wildman–Crippen LogP) is 2.10. The van der Waals surface area contributed by atoms with Crippen LogP contribution in [0.5, 0.6) is 11.5 Å². The zero-order valence-corrected chi connectivity index (χ0v) is 14.0. The number of rotatable bonds is 6. The first kappa shape index (κ1) is 17.3. The number of carbonyl (C=O) groups is 2. The van der Waals surface area contributed by atoms with Gasteiger partial charge in [0.15, 0.2) is 0 Å². The van der Waals surface area contributed by atoms with Crippen LogP contribution in [0.2, 0.25) is 0 Å². The van der Waals surface area contributed by atoms with Gasteiger partial charge in [0.05, 0.1) is 31.4 Å². The van der Waals surface area contributed by atoms with Crippen LogP contribution in [0, 0.1) is 0 Å². The number of methoxy groups -OCH3 is 3. The van der Waals surface area contributed by atoms with Gasteiger partial charge in [-0.3, -0.25) is 9.59 Å². The second-order valence-electron chi connectivity index (χ2n) is 4.09. The van der Waals surface area contributed by atoms with Crippen LogP contribution in [0.1, 0.15) is 17.3 Å². The number of esters is 1. The molecule has 21 heavy (non-hydrogen) atoms. The molecule has 0 saturated carbocycles. The number of benzene rings is 1. The van der Waals surface area contributed by atoms with Crippen LogP contribution in [0.15, 0.2) is 16.6 Å². The Morgan fingerprint density at radius 3 is 2.33 bits per heavy atom. The maximum atomic E-state index is 12.6. The molecule has 116 valence electrons. The largest absolute Gasteiger partial charge is 0.497 e. The van der Waals surface area contributed by atoms with Crippen LogP contribution >= 0.6 is 15.9 Å². The topological polar surface area (TPSA) is 65.1 Å². The van der Waals surface area contributed by atoms with Gasteiger partial charge in [0.2, 0.25) is 0 Å². The Morgan fingerprint density at radius 1 is 1.19 bits per heavy atom. The van der Waals surface area contributed by atoms with Crippen molar-refractivity contribution in [1.82, 2.24) is 4.90 Å². The number of likely N-dealkylation sites (N-methyl/N-ethyl adjacent to an activating group) is 1. The number of hydrogen-bond donors (Lipinski definition) is 0. The van der Waals surface area contributed by atoms with Crippen molar-refractivity contribution in [3.63, 3.8) is 0 Å². The highest BCUT2D eigenvalue weighted by Crippen LogP contribution is 2.34. The summed E-state index contributed by atoms with van der Waals surface area (Å²) in [5, 5.41) is 0. The molecule has 0 atom stereocenters. The van der Waals surface area contributed by atoms with Crippen molar-refractivity contribution in [1.29, 1.82) is 0 Å². The van der Waals surface area contributed by atoms with Crippen LogP contribution in [0.3, 0.4) is 0 Å². The molecule has 1 aromatic rings. The first-order chi connectivity index (χ1) is 9.98. The Hall–Kier alpha value is -1.76. The van der Waals surface area contributed by atoms with E-state index in [1.165, 1.54) is 26.2 Å². The van der Waals surface area contributed by atoms with E-state index in [0.717, 1.165) is 0 Å². The summed E-state index contributed by atoms with van der Waals surface area (Å²) in [7, 11) is 4.26. The molecule has 6 nitrogen and oxygen atoms in total. The lowest BCUT2D eigenvalue weighted by molar-refractivity contribution is -0.141. The zero-order valence-electron chi connectivity index (χ0n) is 12.4. The molecule has 1 rings (SSSR count). The van der Waals surface area contributed by atoms with E-state index in [-0.39, 0.29) is 12.5 Å². The number of hydrogen-bond acceptors (Lipinski definition) is 5. The van der Waals surface area contributed by atoms with E-state index in [9.17, 15) is 9.59 Å². The first-order valence-electron chi connectivity index (χ1n) is 6.26. The zero-order chi connectivity index (χ0) is 16.0. The van der Waals surface area contributed by atoms with Crippen LogP contribution in [0.25, 0.3) is 0 Å². The third-order valence-electron chi connectivity index (χ3n) is 2.90. The highest BCUT2D eigenvalue weighted by molar-refractivity contribution is 9.10. The van der Waals surface area contributed by atoms with Crippen molar-refractivity contribution in [3.8, 4) is 11.5 Å². The Bertz CT molecular complexity index is 532. The molecule has 1 amide bonds. The molecule has 0 saturated heterocycles. The highest BCUT2D eigenvalue weighted by Gasteiger charge is 2.23. The minimum Gasteiger partial charge on any atom is -0.497 e. The van der Waals surface area contributed by atoms with Gasteiger partial charge in [0.1, 0.15) is 18.0 Å². The van der Waals surface area contributed by atoms with Crippen molar-refractivity contribution in [3.05, 3.63) is 22.2 Å². The summed E-state index contributed by atoms with van der Waals surface area (Å²) in [6.45, 7) is 2.03. The second kappa shape index (κ2) is 7.87. The Morgan fingerprint density at radius 2 is 1.86 bits per heavy atom. The van der Waals surface area contributed by atoms with E-state index < -0.39 is 5.97 Å². The summed E-state index contributed by atoms with van der Waals surface area (Å²) >= 11 is 3.34. The number of carbonyl (C=O) groups excluding carboxylic acids is 2. The number of amides is 1. The Kier molecular flexibility index (Phi) is 6.48.